The van der Waals surface area contributed by atoms with Gasteiger partial charge in [0, 0.05) is 0 Å². The van der Waals surface area contributed by atoms with Gasteiger partial charge in [-0.15, -0.1) is 0 Å². The number of carbonyl (C=O) groups excluding carboxylic acids is 1. The average molecular weight is 335 g/mol. The molecule has 122 valence electrons. The Kier molecular flexibility index (Phi) is 5.36. The van der Waals surface area contributed by atoms with Gasteiger partial charge in [0.15, 0.2) is 0 Å². The normalized spacial score (nSPS) is 12.6. The van der Waals surface area contributed by atoms with Crippen molar-refractivity contribution in [1.29, 1.82) is 0 Å². The molecule has 2 aromatic rings. The maximum Gasteiger partial charge on any atom is 0.307 e. The van der Waals surface area contributed by atoms with Crippen LogP contribution in [0.15, 0.2) is 59.5 Å². The van der Waals surface area contributed by atoms with Crippen molar-refractivity contribution in [3.8, 4) is 5.75 Å². The van der Waals surface area contributed by atoms with Crippen LogP contribution < -0.4 is 4.72 Å². The second-order valence-electron chi connectivity index (χ2n) is 4.86. The molecule has 0 saturated carbocycles. The van der Waals surface area contributed by atoms with Crippen LogP contribution in [0, 0.1) is 0 Å². The maximum atomic E-state index is 12.4. The number of rotatable bonds is 6. The van der Waals surface area contributed by atoms with Crippen LogP contribution in [-0.4, -0.2) is 26.6 Å². The Balaban J connectivity index is 2.33. The molecule has 0 saturated heterocycles. The van der Waals surface area contributed by atoms with Gasteiger partial charge in [0.05, 0.1) is 24.5 Å². The molecular formula is C16H17NO5S. The summed E-state index contributed by atoms with van der Waals surface area (Å²) in [4.78, 5) is 11.7. The Morgan fingerprint density at radius 1 is 1.17 bits per heavy atom. The predicted octanol–water partition coefficient (Wildman–Crippen LogP) is 1.97. The summed E-state index contributed by atoms with van der Waals surface area (Å²) in [7, 11) is -2.58. The van der Waals surface area contributed by atoms with Gasteiger partial charge in [-0.25, -0.2) is 13.1 Å². The lowest BCUT2D eigenvalue weighted by Crippen LogP contribution is -2.30. The van der Waals surface area contributed by atoms with Crippen LogP contribution in [-0.2, 0) is 19.6 Å². The first-order valence-corrected chi connectivity index (χ1v) is 8.34. The number of nitrogens with one attached hydrogen (secondary N) is 1. The van der Waals surface area contributed by atoms with E-state index in [-0.39, 0.29) is 17.1 Å². The minimum atomic E-state index is -3.81. The first-order chi connectivity index (χ1) is 10.9. The number of ether oxygens (including phenoxy) is 1. The highest BCUT2D eigenvalue weighted by molar-refractivity contribution is 7.89. The molecule has 23 heavy (non-hydrogen) atoms. The van der Waals surface area contributed by atoms with Gasteiger partial charge >= 0.3 is 5.97 Å². The second-order valence-corrected chi connectivity index (χ2v) is 6.58. The highest BCUT2D eigenvalue weighted by Crippen LogP contribution is 2.23. The van der Waals surface area contributed by atoms with Crippen LogP contribution in [0.4, 0.5) is 0 Å². The van der Waals surface area contributed by atoms with Crippen molar-refractivity contribution in [3.63, 3.8) is 0 Å². The molecule has 0 fully saturated rings. The largest absolute Gasteiger partial charge is 0.508 e. The molecule has 2 aromatic carbocycles. The zero-order chi connectivity index (χ0) is 16.9. The SMILES string of the molecule is COC(=O)CC(NS(=O)(=O)c1ccccc1)c1cccc(O)c1. The van der Waals surface area contributed by atoms with Crippen molar-refractivity contribution >= 4 is 16.0 Å². The summed E-state index contributed by atoms with van der Waals surface area (Å²) in [5.41, 5.74) is 0.468. The molecule has 6 nitrogen and oxygen atoms in total. The number of benzene rings is 2. The summed E-state index contributed by atoms with van der Waals surface area (Å²) >= 11 is 0. The van der Waals surface area contributed by atoms with Gasteiger partial charge in [0.2, 0.25) is 10.0 Å². The molecule has 0 heterocycles. The zero-order valence-electron chi connectivity index (χ0n) is 12.5. The van der Waals surface area contributed by atoms with E-state index in [1.165, 1.54) is 31.4 Å². The van der Waals surface area contributed by atoms with Crippen molar-refractivity contribution in [2.45, 2.75) is 17.4 Å². The number of hydrogen-bond acceptors (Lipinski definition) is 5. The van der Waals surface area contributed by atoms with Crippen LogP contribution in [0.3, 0.4) is 0 Å². The van der Waals surface area contributed by atoms with Crippen LogP contribution in [0.5, 0.6) is 5.75 Å². The number of phenolic OH excluding ortho intramolecular Hbond substituents is 1. The Labute approximate surface area is 134 Å². The lowest BCUT2D eigenvalue weighted by atomic mass is 10.0. The van der Waals surface area contributed by atoms with E-state index >= 15 is 0 Å². The van der Waals surface area contributed by atoms with E-state index in [2.05, 4.69) is 9.46 Å². The van der Waals surface area contributed by atoms with Crippen LogP contribution >= 0.6 is 0 Å². The number of esters is 1. The van der Waals surface area contributed by atoms with Gasteiger partial charge in [-0.05, 0) is 29.8 Å². The van der Waals surface area contributed by atoms with E-state index in [4.69, 9.17) is 0 Å². The quantitative estimate of drug-likeness (QED) is 0.788. The molecule has 1 unspecified atom stereocenters. The van der Waals surface area contributed by atoms with Crippen molar-refractivity contribution in [2.75, 3.05) is 7.11 Å². The first kappa shape index (κ1) is 17.0. The Bertz CT molecular complexity index is 774. The smallest absolute Gasteiger partial charge is 0.307 e. The fraction of sp³-hybridized carbons (Fsp3) is 0.188. The number of carbonyl (C=O) groups is 1. The van der Waals surface area contributed by atoms with Gasteiger partial charge in [-0.2, -0.15) is 0 Å². The van der Waals surface area contributed by atoms with Gasteiger partial charge in [-0.1, -0.05) is 30.3 Å². The first-order valence-electron chi connectivity index (χ1n) is 6.85. The van der Waals surface area contributed by atoms with E-state index in [1.54, 1.807) is 30.3 Å². The summed E-state index contributed by atoms with van der Waals surface area (Å²) in [5, 5.41) is 9.58. The third kappa shape index (κ3) is 4.54. The minimum absolute atomic E-state index is 0.0173. The molecule has 2 N–H and O–H groups in total. The maximum absolute atomic E-state index is 12.4. The van der Waals surface area contributed by atoms with Crippen molar-refractivity contribution in [1.82, 2.24) is 4.72 Å². The summed E-state index contributed by atoms with van der Waals surface area (Å²) in [6.45, 7) is 0. The van der Waals surface area contributed by atoms with Crippen LogP contribution in [0.2, 0.25) is 0 Å². The van der Waals surface area contributed by atoms with Gasteiger partial charge < -0.3 is 9.84 Å². The second kappa shape index (κ2) is 7.26. The number of hydrogen-bond donors (Lipinski definition) is 2. The standard InChI is InChI=1S/C16H17NO5S/c1-22-16(19)11-15(12-6-5-7-13(18)10-12)17-23(20,21)14-8-3-2-4-9-14/h2-10,15,17-18H,11H2,1H3. The van der Waals surface area contributed by atoms with Crippen molar-refractivity contribution in [2.24, 2.45) is 0 Å². The van der Waals surface area contributed by atoms with Crippen molar-refractivity contribution in [3.05, 3.63) is 60.2 Å². The summed E-state index contributed by atoms with van der Waals surface area (Å²) in [5.74, 6) is -0.578. The molecule has 0 radical (unpaired) electrons. The van der Waals surface area contributed by atoms with Crippen LogP contribution in [0.25, 0.3) is 0 Å². The summed E-state index contributed by atoms with van der Waals surface area (Å²) < 4.78 is 32.0. The van der Waals surface area contributed by atoms with E-state index in [1.807, 2.05) is 0 Å². The van der Waals surface area contributed by atoms with E-state index < -0.39 is 22.0 Å². The minimum Gasteiger partial charge on any atom is -0.508 e. The number of methoxy groups -OCH3 is 1. The van der Waals surface area contributed by atoms with E-state index in [9.17, 15) is 18.3 Å². The van der Waals surface area contributed by atoms with E-state index in [0.717, 1.165) is 0 Å². The average Bonchev–Trinajstić information content (AvgIpc) is 2.54. The molecular weight excluding hydrogens is 318 g/mol. The lowest BCUT2D eigenvalue weighted by molar-refractivity contribution is -0.141. The highest BCUT2D eigenvalue weighted by atomic mass is 32.2. The molecule has 7 heteroatoms. The molecule has 0 bridgehead atoms. The molecule has 0 spiro atoms. The van der Waals surface area contributed by atoms with Crippen LogP contribution in [0.1, 0.15) is 18.0 Å². The molecule has 0 aliphatic heterocycles. The molecule has 0 amide bonds. The summed E-state index contributed by atoms with van der Waals surface area (Å²) in [6, 6.07) is 13.1. The lowest BCUT2D eigenvalue weighted by Gasteiger charge is -2.18. The molecule has 0 aliphatic rings. The monoisotopic (exact) mass is 335 g/mol. The van der Waals surface area contributed by atoms with Crippen molar-refractivity contribution < 1.29 is 23.1 Å². The Hall–Kier alpha value is -2.38. The molecule has 0 aliphatic carbocycles. The predicted molar refractivity (Wildman–Crippen MR) is 84.2 cm³/mol. The number of aromatic hydroxyl groups is 1. The van der Waals surface area contributed by atoms with Gasteiger partial charge in [-0.3, -0.25) is 4.79 Å². The fourth-order valence-electron chi connectivity index (χ4n) is 2.07. The zero-order valence-corrected chi connectivity index (χ0v) is 13.3. The molecule has 2 rings (SSSR count). The van der Waals surface area contributed by atoms with E-state index in [0.29, 0.717) is 5.56 Å². The third-order valence-corrected chi connectivity index (χ3v) is 4.71. The Morgan fingerprint density at radius 2 is 1.87 bits per heavy atom. The topological polar surface area (TPSA) is 92.7 Å². The number of sulfonamides is 1. The van der Waals surface area contributed by atoms with Gasteiger partial charge in [0.1, 0.15) is 5.75 Å². The van der Waals surface area contributed by atoms with Gasteiger partial charge in [0.25, 0.3) is 0 Å². The Morgan fingerprint density at radius 3 is 2.48 bits per heavy atom. The molecule has 1 atom stereocenters. The number of phenols is 1. The fourth-order valence-corrected chi connectivity index (χ4v) is 3.32. The molecule has 0 aromatic heterocycles. The summed E-state index contributed by atoms with van der Waals surface area (Å²) in [6.07, 6.45) is -0.188. The highest BCUT2D eigenvalue weighted by Gasteiger charge is 2.24. The third-order valence-electron chi connectivity index (χ3n) is 3.22.